The molecule has 1 aromatic carbocycles. The van der Waals surface area contributed by atoms with Crippen LogP contribution >= 0.6 is 15.9 Å². The van der Waals surface area contributed by atoms with E-state index in [0.717, 1.165) is 10.2 Å². The van der Waals surface area contributed by atoms with Gasteiger partial charge >= 0.3 is 0 Å². The molecule has 0 bridgehead atoms. The Hall–Kier alpha value is -1.54. The zero-order valence-electron chi connectivity index (χ0n) is 7.96. The number of nitrogens with zero attached hydrogens (tertiary/aromatic N) is 1. The van der Waals surface area contributed by atoms with Crippen molar-refractivity contribution in [1.82, 2.24) is 5.32 Å². The van der Waals surface area contributed by atoms with Gasteiger partial charge in [-0.05, 0) is 18.2 Å². The van der Waals surface area contributed by atoms with E-state index in [9.17, 15) is 4.79 Å². The SMILES string of the molecule is N#CCNC(=O)CNc1cccc(Br)c1. The molecule has 0 fully saturated rings. The maximum atomic E-state index is 11.1. The van der Waals surface area contributed by atoms with Crippen molar-refractivity contribution < 1.29 is 4.79 Å². The van der Waals surface area contributed by atoms with Crippen molar-refractivity contribution in [2.75, 3.05) is 18.4 Å². The number of anilines is 1. The molecule has 78 valence electrons. The van der Waals surface area contributed by atoms with Crippen LogP contribution in [-0.4, -0.2) is 19.0 Å². The summed E-state index contributed by atoms with van der Waals surface area (Å²) in [6, 6.07) is 9.35. The van der Waals surface area contributed by atoms with Gasteiger partial charge in [-0.3, -0.25) is 4.79 Å². The van der Waals surface area contributed by atoms with Crippen LogP contribution in [0.4, 0.5) is 5.69 Å². The monoisotopic (exact) mass is 267 g/mol. The molecule has 0 spiro atoms. The van der Waals surface area contributed by atoms with Crippen LogP contribution in [0.15, 0.2) is 28.7 Å². The fourth-order valence-electron chi connectivity index (χ4n) is 0.981. The van der Waals surface area contributed by atoms with Crippen LogP contribution in [0.2, 0.25) is 0 Å². The molecule has 0 unspecified atom stereocenters. The number of benzene rings is 1. The molecule has 0 aliphatic heterocycles. The molecule has 0 heterocycles. The molecule has 0 saturated carbocycles. The predicted octanol–water partition coefficient (Wildman–Crippen LogP) is 1.50. The summed E-state index contributed by atoms with van der Waals surface area (Å²) in [6.45, 7) is 0.205. The van der Waals surface area contributed by atoms with E-state index in [4.69, 9.17) is 5.26 Å². The van der Waals surface area contributed by atoms with E-state index in [0.29, 0.717) is 0 Å². The first-order valence-electron chi connectivity index (χ1n) is 4.35. The van der Waals surface area contributed by atoms with Gasteiger partial charge in [0.1, 0.15) is 6.54 Å². The maximum Gasteiger partial charge on any atom is 0.240 e. The Kier molecular flexibility index (Phi) is 4.64. The third-order valence-corrected chi connectivity index (χ3v) is 2.14. The van der Waals surface area contributed by atoms with E-state index in [1.165, 1.54) is 0 Å². The van der Waals surface area contributed by atoms with Crippen LogP contribution in [0.1, 0.15) is 0 Å². The second-order valence-electron chi connectivity index (χ2n) is 2.80. The molecule has 4 nitrogen and oxygen atoms in total. The lowest BCUT2D eigenvalue weighted by Crippen LogP contribution is -2.29. The minimum Gasteiger partial charge on any atom is -0.376 e. The second-order valence-corrected chi connectivity index (χ2v) is 3.71. The van der Waals surface area contributed by atoms with Gasteiger partial charge in [0.05, 0.1) is 12.6 Å². The second kappa shape index (κ2) is 6.04. The van der Waals surface area contributed by atoms with Crippen LogP contribution in [0.5, 0.6) is 0 Å². The number of nitriles is 1. The van der Waals surface area contributed by atoms with Crippen molar-refractivity contribution in [2.45, 2.75) is 0 Å². The lowest BCUT2D eigenvalue weighted by molar-refractivity contribution is -0.119. The summed E-state index contributed by atoms with van der Waals surface area (Å²) >= 11 is 3.33. The zero-order valence-corrected chi connectivity index (χ0v) is 9.54. The number of carbonyl (C=O) groups is 1. The molecule has 0 aliphatic rings. The largest absolute Gasteiger partial charge is 0.376 e. The highest BCUT2D eigenvalue weighted by Crippen LogP contribution is 2.14. The highest BCUT2D eigenvalue weighted by molar-refractivity contribution is 9.10. The quantitative estimate of drug-likeness (QED) is 0.813. The molecule has 1 aromatic rings. The predicted molar refractivity (Wildman–Crippen MR) is 61.3 cm³/mol. The van der Waals surface area contributed by atoms with Gasteiger partial charge in [-0.2, -0.15) is 5.26 Å². The first-order chi connectivity index (χ1) is 7.22. The number of halogens is 1. The number of carbonyl (C=O) groups excluding carboxylic acids is 1. The van der Waals surface area contributed by atoms with Crippen molar-refractivity contribution in [3.05, 3.63) is 28.7 Å². The van der Waals surface area contributed by atoms with Crippen LogP contribution in [0.25, 0.3) is 0 Å². The Labute approximate surface area is 96.4 Å². The summed E-state index contributed by atoms with van der Waals surface area (Å²) in [6.07, 6.45) is 0. The standard InChI is InChI=1S/C10H10BrN3O/c11-8-2-1-3-9(6-8)14-7-10(15)13-5-4-12/h1-3,6,14H,5,7H2,(H,13,15). The smallest absolute Gasteiger partial charge is 0.240 e. The summed E-state index contributed by atoms with van der Waals surface area (Å²) in [5, 5.41) is 13.6. The first kappa shape index (κ1) is 11.5. The molecule has 2 N–H and O–H groups in total. The molecule has 5 heteroatoms. The zero-order chi connectivity index (χ0) is 11.1. The van der Waals surface area contributed by atoms with E-state index < -0.39 is 0 Å². The number of rotatable bonds is 4. The molecule has 1 amide bonds. The molecule has 1 rings (SSSR count). The van der Waals surface area contributed by atoms with E-state index in [1.54, 1.807) is 0 Å². The molecule has 0 radical (unpaired) electrons. The minimum absolute atomic E-state index is 0.0407. The van der Waals surface area contributed by atoms with E-state index in [1.807, 2.05) is 30.3 Å². The fourth-order valence-corrected chi connectivity index (χ4v) is 1.38. The van der Waals surface area contributed by atoms with Crippen LogP contribution < -0.4 is 10.6 Å². The Bertz CT molecular complexity index is 386. The Balaban J connectivity index is 2.37. The summed E-state index contributed by atoms with van der Waals surface area (Å²) in [5.74, 6) is -0.198. The van der Waals surface area contributed by atoms with Crippen molar-refractivity contribution in [1.29, 1.82) is 5.26 Å². The van der Waals surface area contributed by atoms with E-state index in [2.05, 4.69) is 26.6 Å². The summed E-state index contributed by atoms with van der Waals surface area (Å²) < 4.78 is 0.949. The van der Waals surface area contributed by atoms with Crippen molar-refractivity contribution >= 4 is 27.5 Å². The van der Waals surface area contributed by atoms with Crippen molar-refractivity contribution in [3.8, 4) is 6.07 Å². The van der Waals surface area contributed by atoms with Gasteiger partial charge in [0.15, 0.2) is 0 Å². The van der Waals surface area contributed by atoms with Gasteiger partial charge in [0.2, 0.25) is 5.91 Å². The highest BCUT2D eigenvalue weighted by Gasteiger charge is 1.99. The molecule has 0 aliphatic carbocycles. The number of hydrogen-bond donors (Lipinski definition) is 2. The number of hydrogen-bond acceptors (Lipinski definition) is 3. The molecule has 0 aromatic heterocycles. The van der Waals surface area contributed by atoms with Gasteiger partial charge in [-0.15, -0.1) is 0 Å². The average Bonchev–Trinajstić information content (AvgIpc) is 2.23. The molecule has 15 heavy (non-hydrogen) atoms. The highest BCUT2D eigenvalue weighted by atomic mass is 79.9. The molecular weight excluding hydrogens is 258 g/mol. The van der Waals surface area contributed by atoms with Crippen LogP contribution in [-0.2, 0) is 4.79 Å². The van der Waals surface area contributed by atoms with Gasteiger partial charge < -0.3 is 10.6 Å². The lowest BCUT2D eigenvalue weighted by Gasteiger charge is -2.05. The number of nitrogens with one attached hydrogen (secondary N) is 2. The van der Waals surface area contributed by atoms with Gasteiger partial charge in [0, 0.05) is 10.2 Å². The normalized spacial score (nSPS) is 9.07. The van der Waals surface area contributed by atoms with Crippen LogP contribution in [0.3, 0.4) is 0 Å². The van der Waals surface area contributed by atoms with Gasteiger partial charge in [-0.25, -0.2) is 0 Å². The lowest BCUT2D eigenvalue weighted by atomic mass is 10.3. The minimum atomic E-state index is -0.198. The summed E-state index contributed by atoms with van der Waals surface area (Å²) in [7, 11) is 0. The Morgan fingerprint density at radius 1 is 1.53 bits per heavy atom. The third kappa shape index (κ3) is 4.47. The van der Waals surface area contributed by atoms with E-state index >= 15 is 0 Å². The molecule has 0 saturated heterocycles. The molecular formula is C10H10BrN3O. The van der Waals surface area contributed by atoms with Crippen LogP contribution in [0, 0.1) is 11.3 Å². The van der Waals surface area contributed by atoms with Gasteiger partial charge in [0.25, 0.3) is 0 Å². The summed E-state index contributed by atoms with van der Waals surface area (Å²) in [4.78, 5) is 11.1. The van der Waals surface area contributed by atoms with Gasteiger partial charge in [-0.1, -0.05) is 22.0 Å². The summed E-state index contributed by atoms with van der Waals surface area (Å²) in [5.41, 5.74) is 0.858. The Morgan fingerprint density at radius 3 is 3.00 bits per heavy atom. The first-order valence-corrected chi connectivity index (χ1v) is 5.15. The fraction of sp³-hybridized carbons (Fsp3) is 0.200. The van der Waals surface area contributed by atoms with E-state index in [-0.39, 0.29) is 19.0 Å². The van der Waals surface area contributed by atoms with Crippen molar-refractivity contribution in [3.63, 3.8) is 0 Å². The third-order valence-electron chi connectivity index (χ3n) is 1.64. The molecule has 0 atom stereocenters. The number of amides is 1. The Morgan fingerprint density at radius 2 is 2.33 bits per heavy atom. The maximum absolute atomic E-state index is 11.1. The average molecular weight is 268 g/mol. The van der Waals surface area contributed by atoms with Crippen molar-refractivity contribution in [2.24, 2.45) is 0 Å². The topological polar surface area (TPSA) is 64.9 Å².